The summed E-state index contributed by atoms with van der Waals surface area (Å²) in [5.41, 5.74) is -0.261. The third-order valence-corrected chi connectivity index (χ3v) is 2.83. The van der Waals surface area contributed by atoms with E-state index in [0.29, 0.717) is 19.4 Å². The molecule has 0 radical (unpaired) electrons. The van der Waals surface area contributed by atoms with Crippen molar-refractivity contribution in [3.63, 3.8) is 0 Å². The number of alkyl halides is 1. The molecule has 1 aliphatic rings. The largest absolute Gasteiger partial charge is 0.328 e. The molecule has 0 aliphatic carbocycles. The van der Waals surface area contributed by atoms with Crippen molar-refractivity contribution in [1.82, 2.24) is 9.89 Å². The standard InChI is InChI=1S/C8H10ClFN4O2/c9-8-7(14(15)16)4-11-13(8)12-3-1-2-6(10)5-12/h4,6H,1-3,5H2. The second-order valence-corrected chi connectivity index (χ2v) is 3.98. The molecule has 0 spiro atoms. The summed E-state index contributed by atoms with van der Waals surface area (Å²) in [7, 11) is 0. The molecule has 1 aromatic rings. The fraction of sp³-hybridized carbons (Fsp3) is 0.625. The molecule has 6 nitrogen and oxygen atoms in total. The fourth-order valence-corrected chi connectivity index (χ4v) is 1.98. The highest BCUT2D eigenvalue weighted by Crippen LogP contribution is 2.24. The van der Waals surface area contributed by atoms with Gasteiger partial charge in [0.2, 0.25) is 5.15 Å². The predicted molar refractivity (Wildman–Crippen MR) is 56.0 cm³/mol. The summed E-state index contributed by atoms with van der Waals surface area (Å²) in [6.07, 6.45) is 1.33. The molecule has 2 rings (SSSR count). The first-order valence-electron chi connectivity index (χ1n) is 4.87. The topological polar surface area (TPSA) is 64.2 Å². The summed E-state index contributed by atoms with van der Waals surface area (Å²) >= 11 is 5.80. The van der Waals surface area contributed by atoms with E-state index in [1.807, 2.05) is 0 Å². The van der Waals surface area contributed by atoms with E-state index in [9.17, 15) is 14.5 Å². The lowest BCUT2D eigenvalue weighted by Crippen LogP contribution is -2.44. The number of nitrogens with zero attached hydrogens (tertiary/aromatic N) is 4. The Morgan fingerprint density at radius 3 is 3.00 bits per heavy atom. The molecule has 0 amide bonds. The highest BCUT2D eigenvalue weighted by Gasteiger charge is 2.26. The molecule has 0 N–H and O–H groups in total. The van der Waals surface area contributed by atoms with E-state index < -0.39 is 11.1 Å². The Balaban J connectivity index is 2.23. The van der Waals surface area contributed by atoms with E-state index >= 15 is 0 Å². The third kappa shape index (κ3) is 1.95. The van der Waals surface area contributed by atoms with Crippen LogP contribution in [0.5, 0.6) is 0 Å². The molecule has 0 saturated carbocycles. The van der Waals surface area contributed by atoms with Gasteiger partial charge in [0.25, 0.3) is 0 Å². The first-order chi connectivity index (χ1) is 7.59. The van der Waals surface area contributed by atoms with Crippen LogP contribution in [0.4, 0.5) is 10.1 Å². The average molecular weight is 249 g/mol. The van der Waals surface area contributed by atoms with E-state index in [1.165, 1.54) is 4.79 Å². The fourth-order valence-electron chi connectivity index (χ4n) is 1.71. The number of aromatic nitrogens is 2. The van der Waals surface area contributed by atoms with Crippen LogP contribution in [0, 0.1) is 10.1 Å². The molecule has 1 atom stereocenters. The van der Waals surface area contributed by atoms with Gasteiger partial charge in [0.15, 0.2) is 0 Å². The Kier molecular flexibility index (Phi) is 2.95. The molecule has 0 bridgehead atoms. The number of hydrogen-bond donors (Lipinski definition) is 0. The summed E-state index contributed by atoms with van der Waals surface area (Å²) in [5.74, 6) is 0. The molecule has 2 heterocycles. The first-order valence-corrected chi connectivity index (χ1v) is 5.24. The normalized spacial score (nSPS) is 21.1. The molecule has 0 aromatic carbocycles. The van der Waals surface area contributed by atoms with Crippen molar-refractivity contribution in [3.05, 3.63) is 21.5 Å². The third-order valence-electron chi connectivity index (χ3n) is 2.48. The van der Waals surface area contributed by atoms with Crippen LogP contribution >= 0.6 is 11.6 Å². The zero-order chi connectivity index (χ0) is 11.7. The van der Waals surface area contributed by atoms with Crippen LogP contribution in [0.25, 0.3) is 0 Å². The highest BCUT2D eigenvalue weighted by molar-refractivity contribution is 6.31. The van der Waals surface area contributed by atoms with Crippen molar-refractivity contribution < 1.29 is 9.31 Å². The Labute approximate surface area is 95.7 Å². The van der Waals surface area contributed by atoms with Gasteiger partial charge in [-0.1, -0.05) is 11.6 Å². The van der Waals surface area contributed by atoms with Gasteiger partial charge >= 0.3 is 5.69 Å². The second kappa shape index (κ2) is 4.25. The molecule has 1 unspecified atom stereocenters. The molecule has 16 heavy (non-hydrogen) atoms. The van der Waals surface area contributed by atoms with E-state index in [-0.39, 0.29) is 17.4 Å². The highest BCUT2D eigenvalue weighted by atomic mass is 35.5. The zero-order valence-corrected chi connectivity index (χ0v) is 9.10. The lowest BCUT2D eigenvalue weighted by atomic mass is 10.1. The Hall–Kier alpha value is -1.37. The summed E-state index contributed by atoms with van der Waals surface area (Å²) in [6.45, 7) is 0.761. The first kappa shape index (κ1) is 11.1. The Morgan fingerprint density at radius 1 is 1.69 bits per heavy atom. The Bertz CT molecular complexity index is 411. The maximum Gasteiger partial charge on any atom is 0.328 e. The minimum absolute atomic E-state index is 0.0842. The summed E-state index contributed by atoms with van der Waals surface area (Å²) < 4.78 is 13.2. The zero-order valence-electron chi connectivity index (χ0n) is 8.34. The molecule has 1 saturated heterocycles. The molecule has 1 fully saturated rings. The quantitative estimate of drug-likeness (QED) is 0.588. The van der Waals surface area contributed by atoms with E-state index in [1.54, 1.807) is 5.01 Å². The summed E-state index contributed by atoms with van der Waals surface area (Å²) in [5, 5.41) is 15.8. The molecular formula is C8H10ClFN4O2. The lowest BCUT2D eigenvalue weighted by Gasteiger charge is -2.30. The molecule has 1 aromatic heterocycles. The van der Waals surface area contributed by atoms with E-state index in [2.05, 4.69) is 5.10 Å². The van der Waals surface area contributed by atoms with Gasteiger partial charge in [-0.25, -0.2) is 4.39 Å². The van der Waals surface area contributed by atoms with Gasteiger partial charge in [0.1, 0.15) is 12.4 Å². The maximum atomic E-state index is 13.2. The maximum absolute atomic E-state index is 13.2. The van der Waals surface area contributed by atoms with Crippen LogP contribution < -0.4 is 5.01 Å². The van der Waals surface area contributed by atoms with Crippen molar-refractivity contribution in [2.75, 3.05) is 18.1 Å². The molecule has 88 valence electrons. The SMILES string of the molecule is O=[N+]([O-])c1cnn(N2CCCC(F)C2)c1Cl. The Morgan fingerprint density at radius 2 is 2.44 bits per heavy atom. The smallest absolute Gasteiger partial charge is 0.292 e. The van der Waals surface area contributed by atoms with Crippen molar-refractivity contribution >= 4 is 17.3 Å². The number of rotatable bonds is 2. The predicted octanol–water partition coefficient (Wildman–Crippen LogP) is 1.51. The molecule has 1 aliphatic heterocycles. The summed E-state index contributed by atoms with van der Waals surface area (Å²) in [6, 6.07) is 0. The second-order valence-electron chi connectivity index (χ2n) is 3.62. The van der Waals surface area contributed by atoms with Crippen molar-refractivity contribution in [3.8, 4) is 0 Å². The molecule has 8 heteroatoms. The summed E-state index contributed by atoms with van der Waals surface area (Å²) in [4.78, 5) is 11.1. The van der Waals surface area contributed by atoms with Gasteiger partial charge < -0.3 is 0 Å². The van der Waals surface area contributed by atoms with E-state index in [0.717, 1.165) is 6.20 Å². The van der Waals surface area contributed by atoms with Crippen LogP contribution in [0.2, 0.25) is 5.15 Å². The van der Waals surface area contributed by atoms with Crippen molar-refractivity contribution in [2.24, 2.45) is 0 Å². The number of halogens is 2. The van der Waals surface area contributed by atoms with Crippen LogP contribution in [0.15, 0.2) is 6.20 Å². The number of nitro groups is 1. The van der Waals surface area contributed by atoms with E-state index in [4.69, 9.17) is 11.6 Å². The van der Waals surface area contributed by atoms with Gasteiger partial charge in [0, 0.05) is 6.54 Å². The van der Waals surface area contributed by atoms with Gasteiger partial charge in [-0.15, -0.1) is 0 Å². The lowest BCUT2D eigenvalue weighted by molar-refractivity contribution is -0.384. The minimum Gasteiger partial charge on any atom is -0.292 e. The minimum atomic E-state index is -0.937. The van der Waals surface area contributed by atoms with Gasteiger partial charge in [0.05, 0.1) is 11.5 Å². The van der Waals surface area contributed by atoms with Crippen molar-refractivity contribution in [1.29, 1.82) is 0 Å². The number of piperidine rings is 1. The van der Waals surface area contributed by atoms with Crippen LogP contribution in [0.3, 0.4) is 0 Å². The van der Waals surface area contributed by atoms with Crippen LogP contribution in [-0.2, 0) is 0 Å². The average Bonchev–Trinajstić information content (AvgIpc) is 2.60. The van der Waals surface area contributed by atoms with Crippen LogP contribution in [0.1, 0.15) is 12.8 Å². The van der Waals surface area contributed by atoms with Gasteiger partial charge in [-0.2, -0.15) is 9.89 Å². The van der Waals surface area contributed by atoms with Gasteiger partial charge in [-0.05, 0) is 12.8 Å². The monoisotopic (exact) mass is 248 g/mol. The van der Waals surface area contributed by atoms with Gasteiger partial charge in [-0.3, -0.25) is 15.1 Å². The van der Waals surface area contributed by atoms with Crippen LogP contribution in [-0.4, -0.2) is 34.1 Å². The number of hydrogen-bond acceptors (Lipinski definition) is 4. The van der Waals surface area contributed by atoms with Crippen molar-refractivity contribution in [2.45, 2.75) is 19.0 Å². The molecular weight excluding hydrogens is 239 g/mol.